The number of rotatable bonds is 4. The number of anilines is 1. The van der Waals surface area contributed by atoms with Gasteiger partial charge in [-0.25, -0.2) is 4.79 Å². The Morgan fingerprint density at radius 2 is 2.04 bits per heavy atom. The van der Waals surface area contributed by atoms with Crippen LogP contribution in [0.1, 0.15) is 40.4 Å². The molecule has 142 valence electrons. The first-order chi connectivity index (χ1) is 12.8. The van der Waals surface area contributed by atoms with Gasteiger partial charge in [0.1, 0.15) is 23.2 Å². The van der Waals surface area contributed by atoms with Crippen molar-refractivity contribution in [2.45, 2.75) is 32.7 Å². The number of aromatic nitrogens is 1. The molecular formula is C20H22N2O4S. The normalized spacial score (nSPS) is 15.6. The van der Waals surface area contributed by atoms with E-state index < -0.39 is 17.6 Å². The lowest BCUT2D eigenvalue weighted by atomic mass is 9.96. The van der Waals surface area contributed by atoms with Crippen LogP contribution < -0.4 is 16.0 Å². The number of nitrogens with zero attached hydrogens (tertiary/aromatic N) is 1. The molecule has 0 fully saturated rings. The number of carbonyl (C=O) groups excluding carboxylic acids is 1. The zero-order valence-electron chi connectivity index (χ0n) is 15.8. The van der Waals surface area contributed by atoms with E-state index in [-0.39, 0.29) is 12.1 Å². The third-order valence-corrected chi connectivity index (χ3v) is 5.58. The SMILES string of the molecule is COC(=O)[C@H]1CC(=S)c2c(OC)c(Cc3cccc(C)c3C)c(N)c(=O)n21. The fourth-order valence-corrected chi connectivity index (χ4v) is 3.92. The summed E-state index contributed by atoms with van der Waals surface area (Å²) in [6, 6.07) is 5.20. The van der Waals surface area contributed by atoms with E-state index in [1.165, 1.54) is 18.8 Å². The molecule has 1 aliphatic rings. The third-order valence-electron chi connectivity index (χ3n) is 5.22. The van der Waals surface area contributed by atoms with Crippen molar-refractivity contribution in [2.24, 2.45) is 0 Å². The van der Waals surface area contributed by atoms with Crippen LogP contribution in [0.15, 0.2) is 23.0 Å². The summed E-state index contributed by atoms with van der Waals surface area (Å²) in [7, 11) is 2.80. The number of thiocarbonyl (C=S) groups is 1. The second-order valence-electron chi connectivity index (χ2n) is 6.65. The third kappa shape index (κ3) is 3.02. The summed E-state index contributed by atoms with van der Waals surface area (Å²) < 4.78 is 11.8. The molecule has 27 heavy (non-hydrogen) atoms. The zero-order chi connectivity index (χ0) is 19.9. The highest BCUT2D eigenvalue weighted by molar-refractivity contribution is 7.80. The van der Waals surface area contributed by atoms with Crippen molar-refractivity contribution in [2.75, 3.05) is 20.0 Å². The number of esters is 1. The second kappa shape index (κ2) is 7.15. The number of nitrogens with two attached hydrogens (primary N) is 1. The van der Waals surface area contributed by atoms with Gasteiger partial charge in [0.2, 0.25) is 0 Å². The maximum Gasteiger partial charge on any atom is 0.329 e. The maximum absolute atomic E-state index is 13.0. The molecule has 2 N–H and O–H groups in total. The number of ether oxygens (including phenoxy) is 2. The minimum absolute atomic E-state index is 0.0649. The molecule has 6 nitrogen and oxygen atoms in total. The topological polar surface area (TPSA) is 83.6 Å². The molecule has 0 amide bonds. The minimum Gasteiger partial charge on any atom is -0.494 e. The first-order valence-electron chi connectivity index (χ1n) is 8.58. The van der Waals surface area contributed by atoms with E-state index in [0.717, 1.165) is 16.7 Å². The van der Waals surface area contributed by atoms with Crippen LogP contribution in [0.4, 0.5) is 5.69 Å². The van der Waals surface area contributed by atoms with E-state index in [0.29, 0.717) is 28.3 Å². The summed E-state index contributed by atoms with van der Waals surface area (Å²) in [5.41, 5.74) is 10.2. The van der Waals surface area contributed by atoms with E-state index in [2.05, 4.69) is 0 Å². The first-order valence-corrected chi connectivity index (χ1v) is 8.99. The molecule has 7 heteroatoms. The summed E-state index contributed by atoms with van der Waals surface area (Å²) >= 11 is 5.46. The molecular weight excluding hydrogens is 364 g/mol. The van der Waals surface area contributed by atoms with Gasteiger partial charge in [-0.05, 0) is 30.5 Å². The Hall–Kier alpha value is -2.67. The van der Waals surface area contributed by atoms with Crippen molar-refractivity contribution in [3.8, 4) is 5.75 Å². The van der Waals surface area contributed by atoms with Gasteiger partial charge >= 0.3 is 5.97 Å². The van der Waals surface area contributed by atoms with Crippen molar-refractivity contribution in [1.82, 2.24) is 4.57 Å². The number of hydrogen-bond donors (Lipinski definition) is 1. The van der Waals surface area contributed by atoms with E-state index >= 15 is 0 Å². The summed E-state index contributed by atoms with van der Waals surface area (Å²) in [6.07, 6.45) is 0.664. The number of methoxy groups -OCH3 is 2. The van der Waals surface area contributed by atoms with Gasteiger partial charge in [-0.1, -0.05) is 30.4 Å². The molecule has 0 bridgehead atoms. The van der Waals surface area contributed by atoms with Crippen LogP contribution in [0.25, 0.3) is 0 Å². The van der Waals surface area contributed by atoms with Gasteiger partial charge in [0, 0.05) is 23.3 Å². The Morgan fingerprint density at radius 3 is 2.67 bits per heavy atom. The smallest absolute Gasteiger partial charge is 0.329 e. The summed E-state index contributed by atoms with van der Waals surface area (Å²) in [5.74, 6) is -0.0775. The molecule has 0 saturated carbocycles. The molecule has 1 aromatic carbocycles. The number of hydrogen-bond acceptors (Lipinski definition) is 6. The van der Waals surface area contributed by atoms with Crippen molar-refractivity contribution in [1.29, 1.82) is 0 Å². The number of benzene rings is 1. The van der Waals surface area contributed by atoms with E-state index in [4.69, 9.17) is 27.4 Å². The monoisotopic (exact) mass is 386 g/mol. The van der Waals surface area contributed by atoms with Crippen LogP contribution in [0.3, 0.4) is 0 Å². The molecule has 0 unspecified atom stereocenters. The molecule has 2 aromatic rings. The Labute approximate surface area is 162 Å². The average Bonchev–Trinajstić information content (AvgIpc) is 3.00. The van der Waals surface area contributed by atoms with Gasteiger partial charge in [0.05, 0.1) is 14.2 Å². The molecule has 1 atom stereocenters. The highest BCUT2D eigenvalue weighted by atomic mass is 32.1. The van der Waals surface area contributed by atoms with Gasteiger partial charge < -0.3 is 15.2 Å². The Balaban J connectivity index is 2.24. The van der Waals surface area contributed by atoms with Crippen molar-refractivity contribution >= 4 is 28.7 Å². The molecule has 2 heterocycles. The van der Waals surface area contributed by atoms with E-state index in [1.54, 1.807) is 0 Å². The maximum atomic E-state index is 13.0. The Morgan fingerprint density at radius 1 is 1.33 bits per heavy atom. The Kier molecular flexibility index (Phi) is 5.06. The fourth-order valence-electron chi connectivity index (χ4n) is 3.57. The minimum atomic E-state index is -0.809. The Bertz CT molecular complexity index is 1010. The first kappa shape index (κ1) is 19.1. The van der Waals surface area contributed by atoms with Gasteiger partial charge in [0.15, 0.2) is 0 Å². The van der Waals surface area contributed by atoms with Crippen LogP contribution in [-0.2, 0) is 16.0 Å². The summed E-state index contributed by atoms with van der Waals surface area (Å²) in [6.45, 7) is 4.07. The quantitative estimate of drug-likeness (QED) is 0.642. The van der Waals surface area contributed by atoms with Crippen LogP contribution in [0.5, 0.6) is 5.75 Å². The van der Waals surface area contributed by atoms with Gasteiger partial charge in [-0.3, -0.25) is 9.36 Å². The van der Waals surface area contributed by atoms with Crippen LogP contribution in [0, 0.1) is 13.8 Å². The average molecular weight is 386 g/mol. The number of nitrogen functional groups attached to an aromatic ring is 1. The molecule has 0 spiro atoms. The molecule has 0 saturated heterocycles. The van der Waals surface area contributed by atoms with Gasteiger partial charge in [-0.15, -0.1) is 0 Å². The van der Waals surface area contributed by atoms with Gasteiger partial charge in [-0.2, -0.15) is 0 Å². The lowest BCUT2D eigenvalue weighted by Gasteiger charge is -2.19. The van der Waals surface area contributed by atoms with E-state index in [9.17, 15) is 9.59 Å². The summed E-state index contributed by atoms with van der Waals surface area (Å²) in [4.78, 5) is 25.6. The number of pyridine rings is 1. The highest BCUT2D eigenvalue weighted by Crippen LogP contribution is 2.37. The van der Waals surface area contributed by atoms with Crippen molar-refractivity contribution in [3.05, 3.63) is 56.5 Å². The number of fused-ring (bicyclic) bond motifs is 1. The standard InChI is InChI=1S/C20H22N2O4S/c1-10-6-5-7-12(11(10)2)8-13-16(21)19(23)22-14(20(24)26-4)9-15(27)17(22)18(13)25-3/h5-7,14H,8-9,21H2,1-4H3/t14-/m1/s1. The highest BCUT2D eigenvalue weighted by Gasteiger charge is 2.38. The van der Waals surface area contributed by atoms with Crippen LogP contribution >= 0.6 is 12.2 Å². The molecule has 0 aliphatic carbocycles. The van der Waals surface area contributed by atoms with Crippen molar-refractivity contribution < 1.29 is 14.3 Å². The molecule has 1 aromatic heterocycles. The van der Waals surface area contributed by atoms with Crippen LogP contribution in [0.2, 0.25) is 0 Å². The van der Waals surface area contributed by atoms with Crippen molar-refractivity contribution in [3.63, 3.8) is 0 Å². The molecule has 3 rings (SSSR count). The van der Waals surface area contributed by atoms with Crippen LogP contribution in [-0.4, -0.2) is 29.6 Å². The summed E-state index contributed by atoms with van der Waals surface area (Å²) in [5, 5.41) is 0. The van der Waals surface area contributed by atoms with Gasteiger partial charge in [0.25, 0.3) is 5.56 Å². The van der Waals surface area contributed by atoms with E-state index in [1.807, 2.05) is 32.0 Å². The molecule has 0 radical (unpaired) electrons. The number of aryl methyl sites for hydroxylation is 1. The lowest BCUT2D eigenvalue weighted by Crippen LogP contribution is -2.31. The zero-order valence-corrected chi connectivity index (χ0v) is 16.6. The second-order valence-corrected chi connectivity index (χ2v) is 7.14. The molecule has 1 aliphatic heterocycles. The predicted octanol–water partition coefficient (Wildman–Crippen LogP) is 2.48. The number of carbonyl (C=O) groups is 1. The largest absolute Gasteiger partial charge is 0.494 e. The fraction of sp³-hybridized carbons (Fsp3) is 0.350. The lowest BCUT2D eigenvalue weighted by molar-refractivity contribution is -0.144. The predicted molar refractivity (Wildman–Crippen MR) is 108 cm³/mol.